The minimum Gasteiger partial charge on any atom is -0.478 e. The van der Waals surface area contributed by atoms with Crippen LogP contribution >= 0.6 is 0 Å². The SMILES string of the molecule is C[C@H]1c2ccccc2N(Cc2ccccc2C(F)(F)F)C(=O)C1Cc1ccc(C(=O)O)cc1. The summed E-state index contributed by atoms with van der Waals surface area (Å²) in [4.78, 5) is 26.2. The third-order valence-corrected chi connectivity index (χ3v) is 6.21. The number of anilines is 1. The molecule has 0 bridgehead atoms. The van der Waals surface area contributed by atoms with E-state index in [-0.39, 0.29) is 29.5 Å². The summed E-state index contributed by atoms with van der Waals surface area (Å²) < 4.78 is 40.7. The third-order valence-electron chi connectivity index (χ3n) is 6.21. The first-order valence-corrected chi connectivity index (χ1v) is 10.5. The van der Waals surface area contributed by atoms with Crippen molar-refractivity contribution in [3.05, 3.63) is 101 Å². The van der Waals surface area contributed by atoms with E-state index in [1.165, 1.54) is 35.2 Å². The summed E-state index contributed by atoms with van der Waals surface area (Å²) in [6.07, 6.45) is -4.17. The Morgan fingerprint density at radius 3 is 2.27 bits per heavy atom. The van der Waals surface area contributed by atoms with Crippen LogP contribution in [0.25, 0.3) is 0 Å². The van der Waals surface area contributed by atoms with Crippen LogP contribution in [0.3, 0.4) is 0 Å². The van der Waals surface area contributed by atoms with Crippen LogP contribution in [-0.2, 0) is 23.9 Å². The Morgan fingerprint density at radius 1 is 0.970 bits per heavy atom. The highest BCUT2D eigenvalue weighted by Gasteiger charge is 2.39. The van der Waals surface area contributed by atoms with Gasteiger partial charge in [-0.25, -0.2) is 4.79 Å². The number of hydrogen-bond donors (Lipinski definition) is 1. The van der Waals surface area contributed by atoms with Gasteiger partial charge in [-0.3, -0.25) is 4.79 Å². The molecule has 0 radical (unpaired) electrons. The first-order chi connectivity index (χ1) is 15.7. The molecule has 0 aromatic heterocycles. The molecule has 0 spiro atoms. The van der Waals surface area contributed by atoms with E-state index in [0.29, 0.717) is 12.1 Å². The lowest BCUT2D eigenvalue weighted by atomic mass is 9.78. The Bertz CT molecular complexity index is 1190. The molecule has 0 saturated heterocycles. The predicted octanol–water partition coefficient (Wildman–Crippen LogP) is 5.91. The number of hydrogen-bond acceptors (Lipinski definition) is 2. The maximum absolute atomic E-state index is 13.6. The molecule has 4 rings (SSSR count). The number of carboxylic acid groups (broad SMARTS) is 1. The first-order valence-electron chi connectivity index (χ1n) is 10.5. The molecule has 4 nitrogen and oxygen atoms in total. The number of aromatic carboxylic acids is 1. The van der Waals surface area contributed by atoms with Gasteiger partial charge in [-0.1, -0.05) is 55.5 Å². The molecule has 170 valence electrons. The molecule has 3 aromatic rings. The molecule has 1 N–H and O–H groups in total. The van der Waals surface area contributed by atoms with E-state index in [2.05, 4.69) is 0 Å². The minimum absolute atomic E-state index is 0.0345. The third kappa shape index (κ3) is 4.49. The number of halogens is 3. The van der Waals surface area contributed by atoms with Gasteiger partial charge in [-0.2, -0.15) is 13.2 Å². The predicted molar refractivity (Wildman–Crippen MR) is 118 cm³/mol. The number of carbonyl (C=O) groups excluding carboxylic acids is 1. The number of carboxylic acids is 1. The zero-order valence-electron chi connectivity index (χ0n) is 17.8. The maximum atomic E-state index is 13.6. The van der Waals surface area contributed by atoms with Crippen LogP contribution in [0.4, 0.5) is 18.9 Å². The molecule has 33 heavy (non-hydrogen) atoms. The second-order valence-electron chi connectivity index (χ2n) is 8.24. The van der Waals surface area contributed by atoms with Gasteiger partial charge in [0.25, 0.3) is 0 Å². The van der Waals surface area contributed by atoms with E-state index in [1.807, 2.05) is 19.1 Å². The van der Waals surface area contributed by atoms with Gasteiger partial charge >= 0.3 is 12.1 Å². The van der Waals surface area contributed by atoms with Crippen LogP contribution in [-0.4, -0.2) is 17.0 Å². The number of nitrogens with zero attached hydrogens (tertiary/aromatic N) is 1. The topological polar surface area (TPSA) is 57.6 Å². The summed E-state index contributed by atoms with van der Waals surface area (Å²) in [5, 5.41) is 9.10. The van der Waals surface area contributed by atoms with Gasteiger partial charge < -0.3 is 10.0 Å². The number of alkyl halides is 3. The molecular weight excluding hydrogens is 431 g/mol. The first kappa shape index (κ1) is 22.6. The van der Waals surface area contributed by atoms with Crippen molar-refractivity contribution in [2.24, 2.45) is 5.92 Å². The van der Waals surface area contributed by atoms with Crippen molar-refractivity contribution in [2.75, 3.05) is 4.90 Å². The summed E-state index contributed by atoms with van der Waals surface area (Å²) >= 11 is 0. The van der Waals surface area contributed by atoms with Gasteiger partial charge in [0.1, 0.15) is 0 Å². The standard InChI is InChI=1S/C26H22F3NO3/c1-16-20-7-3-5-9-23(20)30(15-19-6-2-4-8-22(19)26(27,28)29)24(31)21(16)14-17-10-12-18(13-11-17)25(32)33/h2-13,16,21H,14-15H2,1H3,(H,32,33)/t16-,21?/m0/s1. The lowest BCUT2D eigenvalue weighted by molar-refractivity contribution is -0.138. The molecule has 2 atom stereocenters. The van der Waals surface area contributed by atoms with Crippen molar-refractivity contribution in [1.29, 1.82) is 0 Å². The van der Waals surface area contributed by atoms with Gasteiger partial charge in [0.15, 0.2) is 0 Å². The summed E-state index contributed by atoms with van der Waals surface area (Å²) in [6, 6.07) is 18.9. The quantitative estimate of drug-likeness (QED) is 0.522. The van der Waals surface area contributed by atoms with Gasteiger partial charge in [-0.15, -0.1) is 0 Å². The van der Waals surface area contributed by atoms with Crippen LogP contribution in [0.1, 0.15) is 45.5 Å². The van der Waals surface area contributed by atoms with Crippen molar-refractivity contribution < 1.29 is 27.9 Å². The van der Waals surface area contributed by atoms with Gasteiger partial charge in [0.2, 0.25) is 5.91 Å². The normalized spacial score (nSPS) is 18.2. The summed E-state index contributed by atoms with van der Waals surface area (Å²) in [5.41, 5.74) is 1.73. The number of para-hydroxylation sites is 1. The fourth-order valence-electron chi connectivity index (χ4n) is 4.44. The number of amides is 1. The fraction of sp³-hybridized carbons (Fsp3) is 0.231. The second-order valence-corrected chi connectivity index (χ2v) is 8.24. The van der Waals surface area contributed by atoms with Crippen molar-refractivity contribution in [3.63, 3.8) is 0 Å². The monoisotopic (exact) mass is 453 g/mol. The van der Waals surface area contributed by atoms with Gasteiger partial charge in [0, 0.05) is 11.6 Å². The largest absolute Gasteiger partial charge is 0.478 e. The fourth-order valence-corrected chi connectivity index (χ4v) is 4.44. The molecule has 7 heteroatoms. The summed E-state index contributed by atoms with van der Waals surface area (Å²) in [7, 11) is 0. The van der Waals surface area contributed by atoms with E-state index in [1.54, 1.807) is 24.3 Å². The van der Waals surface area contributed by atoms with Crippen LogP contribution in [0.2, 0.25) is 0 Å². The van der Waals surface area contributed by atoms with E-state index < -0.39 is 23.6 Å². The van der Waals surface area contributed by atoms with Gasteiger partial charge in [0.05, 0.1) is 17.7 Å². The second kappa shape index (κ2) is 8.73. The highest BCUT2D eigenvalue weighted by Crippen LogP contribution is 2.42. The molecule has 0 fully saturated rings. The number of rotatable bonds is 5. The summed E-state index contributed by atoms with van der Waals surface area (Å²) in [6.45, 7) is 1.75. The van der Waals surface area contributed by atoms with E-state index in [0.717, 1.165) is 17.2 Å². The maximum Gasteiger partial charge on any atom is 0.416 e. The zero-order valence-corrected chi connectivity index (χ0v) is 17.8. The molecule has 1 unspecified atom stereocenters. The van der Waals surface area contributed by atoms with Crippen molar-refractivity contribution in [2.45, 2.75) is 32.0 Å². The van der Waals surface area contributed by atoms with Crippen molar-refractivity contribution >= 4 is 17.6 Å². The van der Waals surface area contributed by atoms with Crippen molar-refractivity contribution in [3.8, 4) is 0 Å². The molecule has 3 aromatic carbocycles. The Kier molecular flexibility index (Phi) is 5.97. The minimum atomic E-state index is -4.52. The number of carbonyl (C=O) groups is 2. The van der Waals surface area contributed by atoms with Crippen LogP contribution in [0.15, 0.2) is 72.8 Å². The molecule has 1 aliphatic heterocycles. The molecule has 1 amide bonds. The lowest BCUT2D eigenvalue weighted by Crippen LogP contribution is -2.43. The Balaban J connectivity index is 1.70. The van der Waals surface area contributed by atoms with E-state index >= 15 is 0 Å². The zero-order chi connectivity index (χ0) is 23.8. The van der Waals surface area contributed by atoms with E-state index in [4.69, 9.17) is 5.11 Å². The molecule has 1 aliphatic rings. The van der Waals surface area contributed by atoms with Crippen LogP contribution in [0.5, 0.6) is 0 Å². The smallest absolute Gasteiger partial charge is 0.416 e. The molecule has 1 heterocycles. The highest BCUT2D eigenvalue weighted by atomic mass is 19.4. The highest BCUT2D eigenvalue weighted by molar-refractivity contribution is 5.99. The summed E-state index contributed by atoms with van der Waals surface area (Å²) in [5.74, 6) is -1.93. The average molecular weight is 453 g/mol. The Labute approximate surface area is 189 Å². The van der Waals surface area contributed by atoms with Crippen LogP contribution < -0.4 is 4.90 Å². The Morgan fingerprint density at radius 2 is 1.61 bits per heavy atom. The molecule has 0 aliphatic carbocycles. The molecule has 0 saturated carbocycles. The molecular formula is C26H22F3NO3. The number of fused-ring (bicyclic) bond motifs is 1. The number of benzene rings is 3. The van der Waals surface area contributed by atoms with Crippen LogP contribution in [0, 0.1) is 5.92 Å². The lowest BCUT2D eigenvalue weighted by Gasteiger charge is -2.38. The van der Waals surface area contributed by atoms with Gasteiger partial charge in [-0.05, 0) is 53.3 Å². The Hall–Kier alpha value is -3.61. The average Bonchev–Trinajstić information content (AvgIpc) is 2.79. The van der Waals surface area contributed by atoms with E-state index in [9.17, 15) is 22.8 Å². The van der Waals surface area contributed by atoms with Crippen molar-refractivity contribution in [1.82, 2.24) is 0 Å².